The Bertz CT molecular complexity index is 985. The maximum Gasteiger partial charge on any atom is 0.293 e. The maximum absolute atomic E-state index is 12.3. The highest BCUT2D eigenvalue weighted by Gasteiger charge is 2.17. The summed E-state index contributed by atoms with van der Waals surface area (Å²) in [6.07, 6.45) is 0. The average molecular weight is 349 g/mol. The Hall–Kier alpha value is -3.41. The van der Waals surface area contributed by atoms with Crippen molar-refractivity contribution in [2.45, 2.75) is 6.92 Å². The number of nitro groups is 1. The number of amides is 1. The largest absolute Gasteiger partial charge is 0.365 e. The predicted molar refractivity (Wildman–Crippen MR) is 104 cm³/mol. The SMILES string of the molecule is Cc1ccc(NC(=O)CN(C)c2ccc3ccccc3c2)c([N+](=O)[O-])c1. The van der Waals surface area contributed by atoms with Gasteiger partial charge in [-0.15, -0.1) is 0 Å². The number of carbonyl (C=O) groups is 1. The van der Waals surface area contributed by atoms with Gasteiger partial charge in [0.15, 0.2) is 0 Å². The van der Waals surface area contributed by atoms with Crippen molar-refractivity contribution in [1.82, 2.24) is 0 Å². The van der Waals surface area contributed by atoms with E-state index in [1.165, 1.54) is 6.07 Å². The molecule has 0 saturated carbocycles. The van der Waals surface area contributed by atoms with Crippen LogP contribution in [0, 0.1) is 17.0 Å². The highest BCUT2D eigenvalue weighted by Crippen LogP contribution is 2.25. The van der Waals surface area contributed by atoms with E-state index < -0.39 is 4.92 Å². The fourth-order valence-electron chi connectivity index (χ4n) is 2.81. The third kappa shape index (κ3) is 3.80. The fourth-order valence-corrected chi connectivity index (χ4v) is 2.81. The molecule has 3 rings (SSSR count). The van der Waals surface area contributed by atoms with E-state index in [9.17, 15) is 14.9 Å². The number of anilines is 2. The molecule has 6 heteroatoms. The highest BCUT2D eigenvalue weighted by atomic mass is 16.6. The van der Waals surface area contributed by atoms with E-state index in [0.29, 0.717) is 0 Å². The average Bonchev–Trinajstić information content (AvgIpc) is 2.62. The van der Waals surface area contributed by atoms with Crippen LogP contribution in [0.3, 0.4) is 0 Å². The molecule has 0 radical (unpaired) electrons. The van der Waals surface area contributed by atoms with Gasteiger partial charge in [0.1, 0.15) is 5.69 Å². The van der Waals surface area contributed by atoms with Crippen molar-refractivity contribution in [3.63, 3.8) is 0 Å². The standard InChI is InChI=1S/C20H19N3O3/c1-14-7-10-18(19(11-14)23(25)26)21-20(24)13-22(2)17-9-8-15-5-3-4-6-16(15)12-17/h3-12H,13H2,1-2H3,(H,21,24). The molecule has 0 bridgehead atoms. The molecule has 0 aromatic heterocycles. The lowest BCUT2D eigenvalue weighted by molar-refractivity contribution is -0.384. The van der Waals surface area contributed by atoms with Gasteiger partial charge in [-0.3, -0.25) is 14.9 Å². The first kappa shape index (κ1) is 17.4. The lowest BCUT2D eigenvalue weighted by Crippen LogP contribution is -2.30. The number of nitrogens with one attached hydrogen (secondary N) is 1. The number of hydrogen-bond acceptors (Lipinski definition) is 4. The molecule has 0 heterocycles. The van der Waals surface area contributed by atoms with Crippen molar-refractivity contribution in [2.75, 3.05) is 23.8 Å². The van der Waals surface area contributed by atoms with Gasteiger partial charge in [0.05, 0.1) is 11.5 Å². The second kappa shape index (κ2) is 7.23. The van der Waals surface area contributed by atoms with Gasteiger partial charge in [-0.2, -0.15) is 0 Å². The Morgan fingerprint density at radius 2 is 1.81 bits per heavy atom. The van der Waals surface area contributed by atoms with Crippen LogP contribution >= 0.6 is 0 Å². The Kier molecular flexibility index (Phi) is 4.84. The number of hydrogen-bond donors (Lipinski definition) is 1. The molecule has 132 valence electrons. The van der Waals surface area contributed by atoms with Gasteiger partial charge in [-0.1, -0.05) is 36.4 Å². The van der Waals surface area contributed by atoms with E-state index in [-0.39, 0.29) is 23.8 Å². The van der Waals surface area contributed by atoms with Gasteiger partial charge in [0, 0.05) is 18.8 Å². The molecule has 0 aliphatic rings. The zero-order valence-corrected chi connectivity index (χ0v) is 14.6. The molecule has 1 amide bonds. The Labute approximate surface area is 151 Å². The van der Waals surface area contributed by atoms with E-state index >= 15 is 0 Å². The molecule has 26 heavy (non-hydrogen) atoms. The third-order valence-corrected chi connectivity index (χ3v) is 4.18. The first-order valence-corrected chi connectivity index (χ1v) is 8.19. The van der Waals surface area contributed by atoms with Gasteiger partial charge < -0.3 is 10.2 Å². The van der Waals surface area contributed by atoms with E-state index in [0.717, 1.165) is 22.0 Å². The zero-order chi connectivity index (χ0) is 18.7. The van der Waals surface area contributed by atoms with Crippen LogP contribution in [0.2, 0.25) is 0 Å². The first-order valence-electron chi connectivity index (χ1n) is 8.19. The van der Waals surface area contributed by atoms with Gasteiger partial charge in [-0.25, -0.2) is 0 Å². The number of nitro benzene ring substituents is 1. The van der Waals surface area contributed by atoms with E-state index in [1.807, 2.05) is 54.4 Å². The number of nitrogens with zero attached hydrogens (tertiary/aromatic N) is 2. The van der Waals surface area contributed by atoms with Crippen molar-refractivity contribution in [3.8, 4) is 0 Å². The van der Waals surface area contributed by atoms with Gasteiger partial charge in [0.25, 0.3) is 5.69 Å². The Morgan fingerprint density at radius 1 is 1.08 bits per heavy atom. The van der Waals surface area contributed by atoms with Crippen LogP contribution in [-0.2, 0) is 4.79 Å². The van der Waals surface area contributed by atoms with Crippen LogP contribution in [0.1, 0.15) is 5.56 Å². The van der Waals surface area contributed by atoms with E-state index in [2.05, 4.69) is 5.32 Å². The number of fused-ring (bicyclic) bond motifs is 1. The van der Waals surface area contributed by atoms with Crippen molar-refractivity contribution in [3.05, 3.63) is 76.3 Å². The summed E-state index contributed by atoms with van der Waals surface area (Å²) in [4.78, 5) is 24.8. The number of rotatable bonds is 5. The first-order chi connectivity index (χ1) is 12.4. The van der Waals surface area contributed by atoms with Crippen LogP contribution in [0.5, 0.6) is 0 Å². The van der Waals surface area contributed by atoms with Crippen molar-refractivity contribution < 1.29 is 9.72 Å². The maximum atomic E-state index is 12.3. The molecule has 0 aliphatic carbocycles. The molecule has 3 aromatic carbocycles. The Balaban J connectivity index is 1.74. The van der Waals surface area contributed by atoms with Crippen LogP contribution in [0.4, 0.5) is 17.1 Å². The van der Waals surface area contributed by atoms with Crippen molar-refractivity contribution >= 4 is 33.7 Å². The summed E-state index contributed by atoms with van der Waals surface area (Å²) in [5.74, 6) is -0.312. The monoisotopic (exact) mass is 349 g/mol. The molecule has 0 aliphatic heterocycles. The molecule has 6 nitrogen and oxygen atoms in total. The minimum absolute atomic E-state index is 0.0867. The molecule has 0 fully saturated rings. The number of carbonyl (C=O) groups excluding carboxylic acids is 1. The third-order valence-electron chi connectivity index (χ3n) is 4.18. The minimum Gasteiger partial charge on any atom is -0.365 e. The Morgan fingerprint density at radius 3 is 2.54 bits per heavy atom. The smallest absolute Gasteiger partial charge is 0.293 e. The van der Waals surface area contributed by atoms with Crippen molar-refractivity contribution in [1.29, 1.82) is 0 Å². The molecule has 3 aromatic rings. The zero-order valence-electron chi connectivity index (χ0n) is 14.6. The molecule has 0 saturated heterocycles. The molecule has 0 unspecified atom stereocenters. The van der Waals surface area contributed by atoms with Crippen LogP contribution in [0.25, 0.3) is 10.8 Å². The summed E-state index contributed by atoms with van der Waals surface area (Å²) in [5, 5.41) is 16.0. The quantitative estimate of drug-likeness (QED) is 0.555. The summed E-state index contributed by atoms with van der Waals surface area (Å²) in [5.41, 5.74) is 1.77. The molecule has 0 spiro atoms. The van der Waals surface area contributed by atoms with Gasteiger partial charge in [-0.05, 0) is 41.5 Å². The summed E-state index contributed by atoms with van der Waals surface area (Å²) < 4.78 is 0. The molecular weight excluding hydrogens is 330 g/mol. The highest BCUT2D eigenvalue weighted by molar-refractivity contribution is 5.96. The molecular formula is C20H19N3O3. The van der Waals surface area contributed by atoms with Gasteiger partial charge >= 0.3 is 0 Å². The number of benzene rings is 3. The molecule has 0 atom stereocenters. The predicted octanol–water partition coefficient (Wildman–Crippen LogP) is 4.13. The fraction of sp³-hybridized carbons (Fsp3) is 0.150. The van der Waals surface area contributed by atoms with Crippen LogP contribution < -0.4 is 10.2 Å². The van der Waals surface area contributed by atoms with Crippen LogP contribution in [0.15, 0.2) is 60.7 Å². The van der Waals surface area contributed by atoms with Crippen LogP contribution in [-0.4, -0.2) is 24.4 Å². The lowest BCUT2D eigenvalue weighted by atomic mass is 10.1. The summed E-state index contributed by atoms with van der Waals surface area (Å²) in [6, 6.07) is 18.7. The lowest BCUT2D eigenvalue weighted by Gasteiger charge is -2.19. The summed E-state index contributed by atoms with van der Waals surface area (Å²) >= 11 is 0. The van der Waals surface area contributed by atoms with Crippen molar-refractivity contribution in [2.24, 2.45) is 0 Å². The number of likely N-dealkylation sites (N-methyl/N-ethyl adjacent to an activating group) is 1. The minimum atomic E-state index is -0.490. The second-order valence-corrected chi connectivity index (χ2v) is 6.21. The van der Waals surface area contributed by atoms with E-state index in [4.69, 9.17) is 0 Å². The second-order valence-electron chi connectivity index (χ2n) is 6.21. The normalized spacial score (nSPS) is 10.5. The summed E-state index contributed by atoms with van der Waals surface area (Å²) in [6.45, 7) is 1.86. The van der Waals surface area contributed by atoms with E-state index in [1.54, 1.807) is 19.1 Å². The summed E-state index contributed by atoms with van der Waals surface area (Å²) in [7, 11) is 1.81. The number of aryl methyl sites for hydroxylation is 1. The topological polar surface area (TPSA) is 75.5 Å². The van der Waals surface area contributed by atoms with Gasteiger partial charge in [0.2, 0.25) is 5.91 Å². The molecule has 1 N–H and O–H groups in total.